The molecule has 0 unspecified atom stereocenters. The highest BCUT2D eigenvalue weighted by Crippen LogP contribution is 2.13. The number of nitrogens with two attached hydrogens (primary N) is 1. The van der Waals surface area contributed by atoms with E-state index in [-0.39, 0.29) is 0 Å². The lowest BCUT2D eigenvalue weighted by atomic mass is 10.1. The number of hydrogen-bond acceptors (Lipinski definition) is 3. The van der Waals surface area contributed by atoms with Crippen LogP contribution in [0.25, 0.3) is 0 Å². The molecule has 96 valence electrons. The summed E-state index contributed by atoms with van der Waals surface area (Å²) in [5.74, 6) is 8.51. The molecule has 0 aromatic heterocycles. The summed E-state index contributed by atoms with van der Waals surface area (Å²) in [5.41, 5.74) is 7.79. The van der Waals surface area contributed by atoms with Crippen LogP contribution in [-0.2, 0) is 6.54 Å². The van der Waals surface area contributed by atoms with Gasteiger partial charge >= 0.3 is 0 Å². The molecule has 0 bridgehead atoms. The molecule has 2 N–H and O–H groups in total. The lowest BCUT2D eigenvalue weighted by Crippen LogP contribution is -2.25. The van der Waals surface area contributed by atoms with Gasteiger partial charge in [0.15, 0.2) is 0 Å². The molecule has 0 spiro atoms. The molecule has 0 aliphatic carbocycles. The number of thioether (sulfide) groups is 1. The molecule has 0 atom stereocenters. The van der Waals surface area contributed by atoms with Crippen LogP contribution in [0.1, 0.15) is 17.5 Å². The Balaban J connectivity index is 1.92. The minimum absolute atomic E-state index is 0.424. The van der Waals surface area contributed by atoms with Crippen molar-refractivity contribution >= 4 is 11.8 Å². The van der Waals surface area contributed by atoms with E-state index in [1.54, 1.807) is 0 Å². The average Bonchev–Trinajstić information content (AvgIpc) is 2.67. The lowest BCUT2D eigenvalue weighted by Gasteiger charge is -2.19. The summed E-state index contributed by atoms with van der Waals surface area (Å²) in [6.07, 6.45) is 1.31. The van der Waals surface area contributed by atoms with E-state index in [0.717, 1.165) is 12.1 Å². The van der Waals surface area contributed by atoms with Gasteiger partial charge in [0, 0.05) is 24.4 Å². The van der Waals surface area contributed by atoms with Crippen molar-refractivity contribution in [1.82, 2.24) is 4.90 Å². The van der Waals surface area contributed by atoms with E-state index < -0.39 is 0 Å². The Labute approximate surface area is 114 Å². The van der Waals surface area contributed by atoms with Crippen molar-refractivity contribution in [3.8, 4) is 11.8 Å². The molecule has 1 fully saturated rings. The van der Waals surface area contributed by atoms with Crippen LogP contribution in [0, 0.1) is 11.8 Å². The minimum atomic E-state index is 0.424. The van der Waals surface area contributed by atoms with Gasteiger partial charge in [0.2, 0.25) is 0 Å². The first-order valence-electron chi connectivity index (χ1n) is 6.46. The van der Waals surface area contributed by atoms with Gasteiger partial charge in [0.25, 0.3) is 0 Å². The first-order valence-corrected chi connectivity index (χ1v) is 7.62. The van der Waals surface area contributed by atoms with Crippen LogP contribution >= 0.6 is 11.8 Å². The molecule has 1 aromatic carbocycles. The fraction of sp³-hybridized carbons (Fsp3) is 0.467. The lowest BCUT2D eigenvalue weighted by molar-refractivity contribution is 0.287. The number of rotatable bonds is 2. The highest BCUT2D eigenvalue weighted by atomic mass is 32.2. The third kappa shape index (κ3) is 4.38. The summed E-state index contributed by atoms with van der Waals surface area (Å²) in [6.45, 7) is 3.92. The molecular formula is C15H20N2S. The summed E-state index contributed by atoms with van der Waals surface area (Å²) < 4.78 is 0. The average molecular weight is 260 g/mol. The van der Waals surface area contributed by atoms with Crippen molar-refractivity contribution in [2.24, 2.45) is 5.73 Å². The van der Waals surface area contributed by atoms with Crippen LogP contribution < -0.4 is 5.73 Å². The van der Waals surface area contributed by atoms with E-state index in [9.17, 15) is 0 Å². The van der Waals surface area contributed by atoms with Crippen LogP contribution in [0.4, 0.5) is 0 Å². The Kier molecular flexibility index (Phi) is 5.60. The van der Waals surface area contributed by atoms with E-state index in [1.165, 1.54) is 36.6 Å². The Morgan fingerprint density at radius 2 is 2.00 bits per heavy atom. The molecule has 0 radical (unpaired) electrons. The molecule has 18 heavy (non-hydrogen) atoms. The van der Waals surface area contributed by atoms with Crippen LogP contribution in [0.5, 0.6) is 0 Å². The molecule has 3 heteroatoms. The topological polar surface area (TPSA) is 29.3 Å². The van der Waals surface area contributed by atoms with Crippen molar-refractivity contribution in [3.63, 3.8) is 0 Å². The SMILES string of the molecule is NCC#Cc1ccc(CN2CCCSCC2)cc1. The van der Waals surface area contributed by atoms with Gasteiger partial charge in [-0.15, -0.1) is 0 Å². The number of hydrogen-bond donors (Lipinski definition) is 1. The van der Waals surface area contributed by atoms with Crippen molar-refractivity contribution in [2.75, 3.05) is 31.1 Å². The van der Waals surface area contributed by atoms with Gasteiger partial charge in [-0.2, -0.15) is 11.8 Å². The molecule has 1 saturated heterocycles. The van der Waals surface area contributed by atoms with E-state index in [0.29, 0.717) is 6.54 Å². The van der Waals surface area contributed by atoms with Crippen molar-refractivity contribution < 1.29 is 0 Å². The third-order valence-electron chi connectivity index (χ3n) is 3.01. The highest BCUT2D eigenvalue weighted by Gasteiger charge is 2.09. The van der Waals surface area contributed by atoms with E-state index >= 15 is 0 Å². The van der Waals surface area contributed by atoms with Gasteiger partial charge in [0.05, 0.1) is 6.54 Å². The van der Waals surface area contributed by atoms with Crippen LogP contribution in [0.2, 0.25) is 0 Å². The zero-order chi connectivity index (χ0) is 12.6. The molecule has 0 amide bonds. The zero-order valence-corrected chi connectivity index (χ0v) is 11.5. The second-order valence-corrected chi connectivity index (χ2v) is 5.67. The zero-order valence-electron chi connectivity index (χ0n) is 10.7. The maximum atomic E-state index is 5.36. The third-order valence-corrected chi connectivity index (χ3v) is 4.06. The summed E-state index contributed by atoms with van der Waals surface area (Å²) in [6, 6.07) is 8.53. The van der Waals surface area contributed by atoms with Crippen LogP contribution in [-0.4, -0.2) is 36.0 Å². The molecule has 1 aliphatic rings. The molecule has 1 aromatic rings. The summed E-state index contributed by atoms with van der Waals surface area (Å²) >= 11 is 2.07. The minimum Gasteiger partial charge on any atom is -0.320 e. The monoisotopic (exact) mass is 260 g/mol. The largest absolute Gasteiger partial charge is 0.320 e. The van der Waals surface area contributed by atoms with E-state index in [4.69, 9.17) is 5.73 Å². The number of benzene rings is 1. The predicted octanol–water partition coefficient (Wildman–Crippen LogP) is 1.94. The maximum Gasteiger partial charge on any atom is 0.0555 e. The number of nitrogens with zero attached hydrogens (tertiary/aromatic N) is 1. The van der Waals surface area contributed by atoms with Gasteiger partial charge < -0.3 is 5.73 Å². The fourth-order valence-corrected chi connectivity index (χ4v) is 2.99. The van der Waals surface area contributed by atoms with Crippen LogP contribution in [0.3, 0.4) is 0 Å². The van der Waals surface area contributed by atoms with Crippen molar-refractivity contribution in [1.29, 1.82) is 0 Å². The van der Waals surface area contributed by atoms with Gasteiger partial charge in [0.1, 0.15) is 0 Å². The molecular weight excluding hydrogens is 240 g/mol. The van der Waals surface area contributed by atoms with Crippen molar-refractivity contribution in [2.45, 2.75) is 13.0 Å². The summed E-state index contributed by atoms with van der Waals surface area (Å²) in [4.78, 5) is 2.54. The molecule has 1 heterocycles. The van der Waals surface area contributed by atoms with Gasteiger partial charge in [-0.1, -0.05) is 24.0 Å². The van der Waals surface area contributed by atoms with Crippen LogP contribution in [0.15, 0.2) is 24.3 Å². The Morgan fingerprint density at radius 1 is 1.17 bits per heavy atom. The molecule has 2 rings (SSSR count). The van der Waals surface area contributed by atoms with E-state index in [1.807, 2.05) is 0 Å². The Bertz CT molecular complexity index is 408. The van der Waals surface area contributed by atoms with Gasteiger partial charge in [-0.05, 0) is 36.4 Å². The summed E-state index contributed by atoms with van der Waals surface area (Å²) in [7, 11) is 0. The first kappa shape index (κ1) is 13.5. The van der Waals surface area contributed by atoms with Crippen molar-refractivity contribution in [3.05, 3.63) is 35.4 Å². The maximum absolute atomic E-state index is 5.36. The molecule has 2 nitrogen and oxygen atoms in total. The summed E-state index contributed by atoms with van der Waals surface area (Å²) in [5, 5.41) is 0. The van der Waals surface area contributed by atoms with Gasteiger partial charge in [-0.25, -0.2) is 0 Å². The first-order chi connectivity index (χ1) is 8.88. The standard InChI is InChI=1S/C15H20N2S/c16-8-1-3-14-4-6-15(7-5-14)13-17-9-2-11-18-12-10-17/h4-7H,2,8-13,16H2. The normalized spacial score (nSPS) is 16.7. The molecule has 1 aliphatic heterocycles. The quantitative estimate of drug-likeness (QED) is 0.824. The highest BCUT2D eigenvalue weighted by molar-refractivity contribution is 7.99. The fourth-order valence-electron chi connectivity index (χ4n) is 2.06. The predicted molar refractivity (Wildman–Crippen MR) is 79.6 cm³/mol. The van der Waals surface area contributed by atoms with E-state index in [2.05, 4.69) is 52.8 Å². The second kappa shape index (κ2) is 7.48. The smallest absolute Gasteiger partial charge is 0.0555 e. The Morgan fingerprint density at radius 3 is 2.78 bits per heavy atom. The molecule has 0 saturated carbocycles. The van der Waals surface area contributed by atoms with Gasteiger partial charge in [-0.3, -0.25) is 4.90 Å². The second-order valence-electron chi connectivity index (χ2n) is 4.44. The Hall–Kier alpha value is -0.950.